The number of alkyl halides is 3. The van der Waals surface area contributed by atoms with Gasteiger partial charge in [-0.25, -0.2) is 4.79 Å². The number of esters is 1. The molecule has 0 aliphatic rings. The number of rotatable bonds is 3. The van der Waals surface area contributed by atoms with E-state index in [0.717, 1.165) is 0 Å². The Morgan fingerprint density at radius 2 is 1.88 bits per heavy atom. The summed E-state index contributed by atoms with van der Waals surface area (Å²) in [5, 5.41) is 0. The Morgan fingerprint density at radius 3 is 2.38 bits per heavy atom. The Labute approximate surface area is 106 Å². The number of Topliss-reactive ketones (excluding diaryl/α,β-unsaturated/α-hetero) is 1. The van der Waals surface area contributed by atoms with Crippen molar-refractivity contribution >= 4 is 46.6 Å². The first-order valence-corrected chi connectivity index (χ1v) is 5.38. The molecular formula is C9H7Cl3O4. The smallest absolute Gasteiger partial charge is 0.374 e. The molecule has 0 atom stereocenters. The number of carbonyl (C=O) groups is 2. The van der Waals surface area contributed by atoms with Crippen LogP contribution in [-0.2, 0) is 4.74 Å². The van der Waals surface area contributed by atoms with Gasteiger partial charge in [-0.1, -0.05) is 34.8 Å². The second-order valence-corrected chi connectivity index (χ2v) is 4.99. The lowest BCUT2D eigenvalue weighted by atomic mass is 10.3. The van der Waals surface area contributed by atoms with Gasteiger partial charge in [-0.3, -0.25) is 4.79 Å². The molecule has 0 aromatic carbocycles. The van der Waals surface area contributed by atoms with Gasteiger partial charge in [0, 0.05) is 0 Å². The molecule has 16 heavy (non-hydrogen) atoms. The number of furan rings is 1. The molecule has 0 N–H and O–H groups in total. The van der Waals surface area contributed by atoms with E-state index in [1.165, 1.54) is 12.1 Å². The molecule has 1 aromatic heterocycles. The largest absolute Gasteiger partial charge is 0.460 e. The fraction of sp³-hybridized carbons (Fsp3) is 0.333. The highest BCUT2D eigenvalue weighted by Gasteiger charge is 2.34. The topological polar surface area (TPSA) is 56.5 Å². The summed E-state index contributed by atoms with van der Waals surface area (Å²) in [6.07, 6.45) is 0. The summed E-state index contributed by atoms with van der Waals surface area (Å²) in [5.41, 5.74) is 0. The van der Waals surface area contributed by atoms with Crippen LogP contribution < -0.4 is 0 Å². The fourth-order valence-corrected chi connectivity index (χ4v) is 1.19. The normalized spacial score (nSPS) is 11.2. The molecule has 0 aliphatic heterocycles. The van der Waals surface area contributed by atoms with E-state index >= 15 is 0 Å². The number of hydrogen-bond donors (Lipinski definition) is 0. The molecule has 0 spiro atoms. The molecule has 0 bridgehead atoms. The highest BCUT2D eigenvalue weighted by molar-refractivity contribution is 6.77. The molecule has 0 saturated carbocycles. The Balaban J connectivity index is 2.87. The Bertz CT molecular complexity index is 405. The van der Waals surface area contributed by atoms with Gasteiger partial charge in [-0.05, 0) is 19.1 Å². The second-order valence-electron chi connectivity index (χ2n) is 2.71. The van der Waals surface area contributed by atoms with E-state index in [4.69, 9.17) is 39.2 Å². The number of ether oxygens (including phenoxy) is 1. The average molecular weight is 286 g/mol. The van der Waals surface area contributed by atoms with Crippen molar-refractivity contribution in [3.05, 3.63) is 23.7 Å². The molecule has 88 valence electrons. The van der Waals surface area contributed by atoms with Gasteiger partial charge >= 0.3 is 5.97 Å². The first-order chi connectivity index (χ1) is 7.36. The number of hydrogen-bond acceptors (Lipinski definition) is 4. The van der Waals surface area contributed by atoms with Crippen LogP contribution in [0.1, 0.15) is 28.0 Å². The summed E-state index contributed by atoms with van der Waals surface area (Å²) in [6.45, 7) is 1.85. The number of ketones is 1. The first-order valence-electron chi connectivity index (χ1n) is 4.24. The van der Waals surface area contributed by atoms with Gasteiger partial charge in [0.25, 0.3) is 3.79 Å². The van der Waals surface area contributed by atoms with Crippen molar-refractivity contribution in [3.8, 4) is 0 Å². The zero-order valence-corrected chi connectivity index (χ0v) is 10.4. The van der Waals surface area contributed by atoms with E-state index in [0.29, 0.717) is 0 Å². The minimum Gasteiger partial charge on any atom is -0.460 e. The Hall–Kier alpha value is -0.710. The van der Waals surface area contributed by atoms with E-state index in [1.54, 1.807) is 6.92 Å². The highest BCUT2D eigenvalue weighted by Crippen LogP contribution is 2.31. The van der Waals surface area contributed by atoms with E-state index in [2.05, 4.69) is 4.74 Å². The van der Waals surface area contributed by atoms with Gasteiger partial charge in [0.1, 0.15) is 0 Å². The maximum atomic E-state index is 11.4. The molecule has 0 radical (unpaired) electrons. The summed E-state index contributed by atoms with van der Waals surface area (Å²) in [6, 6.07) is 2.53. The van der Waals surface area contributed by atoms with Crippen molar-refractivity contribution in [2.75, 3.05) is 6.61 Å². The molecule has 1 aromatic rings. The monoisotopic (exact) mass is 284 g/mol. The summed E-state index contributed by atoms with van der Waals surface area (Å²) >= 11 is 16.1. The van der Waals surface area contributed by atoms with Crippen LogP contribution in [0.15, 0.2) is 16.5 Å². The Morgan fingerprint density at radius 1 is 1.31 bits per heavy atom. The lowest BCUT2D eigenvalue weighted by Crippen LogP contribution is -2.18. The van der Waals surface area contributed by atoms with Gasteiger partial charge < -0.3 is 9.15 Å². The summed E-state index contributed by atoms with van der Waals surface area (Å²) in [5.74, 6) is -1.83. The van der Waals surface area contributed by atoms with E-state index < -0.39 is 15.5 Å². The van der Waals surface area contributed by atoms with Crippen molar-refractivity contribution in [3.63, 3.8) is 0 Å². The summed E-state index contributed by atoms with van der Waals surface area (Å²) in [4.78, 5) is 22.6. The molecule has 0 amide bonds. The zero-order chi connectivity index (χ0) is 12.3. The van der Waals surface area contributed by atoms with Crippen LogP contribution in [0, 0.1) is 0 Å². The SMILES string of the molecule is CCOC(=O)c1ccc(C(=O)C(Cl)(Cl)Cl)o1. The molecular weight excluding hydrogens is 278 g/mol. The Kier molecular flexibility index (Phi) is 4.24. The molecule has 0 unspecified atom stereocenters. The lowest BCUT2D eigenvalue weighted by molar-refractivity contribution is 0.0488. The molecule has 0 aliphatic carbocycles. The molecule has 1 rings (SSSR count). The van der Waals surface area contributed by atoms with Crippen LogP contribution in [0.3, 0.4) is 0 Å². The van der Waals surface area contributed by atoms with E-state index in [-0.39, 0.29) is 18.1 Å². The highest BCUT2D eigenvalue weighted by atomic mass is 35.6. The third-order valence-corrected chi connectivity index (χ3v) is 2.08. The standard InChI is InChI=1S/C9H7Cl3O4/c1-2-15-8(14)6-4-3-5(16-6)7(13)9(10,11)12/h3-4H,2H2,1H3. The van der Waals surface area contributed by atoms with Gasteiger partial charge in [0.05, 0.1) is 6.61 Å². The molecule has 1 heterocycles. The number of halogens is 3. The van der Waals surface area contributed by atoms with Crippen molar-refractivity contribution in [2.45, 2.75) is 10.7 Å². The van der Waals surface area contributed by atoms with Crippen molar-refractivity contribution < 1.29 is 18.7 Å². The van der Waals surface area contributed by atoms with Gasteiger partial charge in [0.15, 0.2) is 5.76 Å². The second kappa shape index (κ2) is 5.08. The van der Waals surface area contributed by atoms with E-state index in [9.17, 15) is 9.59 Å². The average Bonchev–Trinajstić information content (AvgIpc) is 2.64. The van der Waals surface area contributed by atoms with Crippen molar-refractivity contribution in [1.29, 1.82) is 0 Å². The minimum atomic E-state index is -2.11. The van der Waals surface area contributed by atoms with Crippen LogP contribution in [-0.4, -0.2) is 22.2 Å². The quantitative estimate of drug-likeness (QED) is 0.486. The molecule has 0 fully saturated rings. The van der Waals surface area contributed by atoms with Gasteiger partial charge in [0.2, 0.25) is 11.5 Å². The van der Waals surface area contributed by atoms with Crippen molar-refractivity contribution in [1.82, 2.24) is 0 Å². The zero-order valence-electron chi connectivity index (χ0n) is 8.13. The fourth-order valence-electron chi connectivity index (χ4n) is 0.912. The van der Waals surface area contributed by atoms with Gasteiger partial charge in [-0.2, -0.15) is 0 Å². The van der Waals surface area contributed by atoms with Crippen LogP contribution >= 0.6 is 34.8 Å². The van der Waals surface area contributed by atoms with Crippen molar-refractivity contribution in [2.24, 2.45) is 0 Å². The molecule has 4 nitrogen and oxygen atoms in total. The molecule has 7 heteroatoms. The number of carbonyl (C=O) groups excluding carboxylic acids is 2. The van der Waals surface area contributed by atoms with Crippen LogP contribution in [0.5, 0.6) is 0 Å². The van der Waals surface area contributed by atoms with E-state index in [1.807, 2.05) is 0 Å². The third-order valence-electron chi connectivity index (χ3n) is 1.56. The maximum Gasteiger partial charge on any atom is 0.374 e. The van der Waals surface area contributed by atoms with Crippen LogP contribution in [0.2, 0.25) is 0 Å². The minimum absolute atomic E-state index is 0.112. The maximum absolute atomic E-state index is 11.4. The summed E-state index contributed by atoms with van der Waals surface area (Å²) in [7, 11) is 0. The first kappa shape index (κ1) is 13.4. The third kappa shape index (κ3) is 3.14. The lowest BCUT2D eigenvalue weighted by Gasteiger charge is -2.05. The predicted molar refractivity (Wildman–Crippen MR) is 59.3 cm³/mol. The molecule has 0 saturated heterocycles. The predicted octanol–water partition coefficient (Wildman–Crippen LogP) is 3.01. The summed E-state index contributed by atoms with van der Waals surface area (Å²) < 4.78 is 7.47. The van der Waals surface area contributed by atoms with Gasteiger partial charge in [-0.15, -0.1) is 0 Å². The van der Waals surface area contributed by atoms with Crippen LogP contribution in [0.25, 0.3) is 0 Å². The van der Waals surface area contributed by atoms with Crippen LogP contribution in [0.4, 0.5) is 0 Å².